The Morgan fingerprint density at radius 3 is 2.80 bits per heavy atom. The van der Waals surface area contributed by atoms with Gasteiger partial charge in [-0.2, -0.15) is 0 Å². The van der Waals surface area contributed by atoms with Gasteiger partial charge in [-0.25, -0.2) is 5.84 Å². The Labute approximate surface area is 65.7 Å². The molecule has 0 saturated carbocycles. The van der Waals surface area contributed by atoms with Gasteiger partial charge in [0.05, 0.1) is 5.75 Å². The summed E-state index contributed by atoms with van der Waals surface area (Å²) in [6.45, 7) is 4.19. The van der Waals surface area contributed by atoms with Crippen molar-refractivity contribution >= 4 is 17.7 Å². The summed E-state index contributed by atoms with van der Waals surface area (Å²) < 4.78 is 0. The van der Waals surface area contributed by atoms with Gasteiger partial charge in [-0.05, 0) is 6.42 Å². The van der Waals surface area contributed by atoms with Gasteiger partial charge < -0.3 is 0 Å². The molecule has 0 bridgehead atoms. The van der Waals surface area contributed by atoms with Crippen molar-refractivity contribution in [3.8, 4) is 0 Å². The van der Waals surface area contributed by atoms with E-state index in [-0.39, 0.29) is 5.91 Å². The van der Waals surface area contributed by atoms with Crippen LogP contribution in [0.4, 0.5) is 0 Å². The van der Waals surface area contributed by atoms with E-state index in [0.29, 0.717) is 11.0 Å². The molecule has 0 aliphatic rings. The zero-order chi connectivity index (χ0) is 7.98. The lowest BCUT2D eigenvalue weighted by atomic mass is 10.4. The summed E-state index contributed by atoms with van der Waals surface area (Å²) in [5.74, 6) is 5.24. The molecule has 0 spiro atoms. The molecule has 0 aromatic rings. The van der Waals surface area contributed by atoms with Crippen molar-refractivity contribution in [3.63, 3.8) is 0 Å². The molecule has 60 valence electrons. The molecule has 0 aromatic heterocycles. The Bertz CT molecular complexity index is 108. The fourth-order valence-corrected chi connectivity index (χ4v) is 1.13. The number of carbonyl (C=O) groups is 1. The Balaban J connectivity index is 3.26. The van der Waals surface area contributed by atoms with Crippen LogP contribution in [0.5, 0.6) is 0 Å². The van der Waals surface area contributed by atoms with Crippen LogP contribution >= 0.6 is 11.8 Å². The lowest BCUT2D eigenvalue weighted by Gasteiger charge is -2.05. The summed E-state index contributed by atoms with van der Waals surface area (Å²) in [7, 11) is 0. The number of hydrazine groups is 1. The molecule has 0 rings (SSSR count). The van der Waals surface area contributed by atoms with Crippen molar-refractivity contribution < 1.29 is 4.79 Å². The van der Waals surface area contributed by atoms with Gasteiger partial charge in [0.1, 0.15) is 0 Å². The summed E-state index contributed by atoms with van der Waals surface area (Å²) in [6, 6.07) is 0. The van der Waals surface area contributed by atoms with Gasteiger partial charge in [-0.15, -0.1) is 11.8 Å². The molecule has 4 heteroatoms. The average molecular weight is 162 g/mol. The highest BCUT2D eigenvalue weighted by atomic mass is 32.2. The molecule has 3 N–H and O–H groups in total. The minimum atomic E-state index is -0.106. The number of amides is 1. The monoisotopic (exact) mass is 162 g/mol. The first-order valence-corrected chi connectivity index (χ1v) is 4.36. The Morgan fingerprint density at radius 1 is 1.80 bits per heavy atom. The predicted molar refractivity (Wildman–Crippen MR) is 44.5 cm³/mol. The van der Waals surface area contributed by atoms with Crippen LogP contribution in [-0.4, -0.2) is 16.9 Å². The number of hydrogen-bond donors (Lipinski definition) is 2. The lowest BCUT2D eigenvalue weighted by Crippen LogP contribution is -2.31. The third-order valence-electron chi connectivity index (χ3n) is 1.23. The fraction of sp³-hybridized carbons (Fsp3) is 0.833. The molecule has 0 radical (unpaired) electrons. The topological polar surface area (TPSA) is 55.1 Å². The maximum atomic E-state index is 10.6. The molecule has 10 heavy (non-hydrogen) atoms. The Hall–Kier alpha value is -0.220. The summed E-state index contributed by atoms with van der Waals surface area (Å²) >= 11 is 1.62. The van der Waals surface area contributed by atoms with Gasteiger partial charge in [-0.3, -0.25) is 10.2 Å². The van der Waals surface area contributed by atoms with Crippen molar-refractivity contribution in [2.75, 3.05) is 5.75 Å². The number of rotatable bonds is 4. The molecule has 0 aliphatic heterocycles. The zero-order valence-corrected chi connectivity index (χ0v) is 7.20. The quantitative estimate of drug-likeness (QED) is 0.360. The molecular weight excluding hydrogens is 148 g/mol. The highest BCUT2D eigenvalue weighted by Gasteiger charge is 2.02. The molecule has 0 fully saturated rings. The summed E-state index contributed by atoms with van der Waals surface area (Å²) in [4.78, 5) is 10.6. The van der Waals surface area contributed by atoms with E-state index in [2.05, 4.69) is 19.3 Å². The first-order chi connectivity index (χ1) is 4.70. The standard InChI is InChI=1S/C6H14N2OS/c1-3-5(2)10-4-6(9)8-7/h5H,3-4,7H2,1-2H3,(H,8,9). The minimum Gasteiger partial charge on any atom is -0.294 e. The van der Waals surface area contributed by atoms with Crippen LogP contribution in [0, 0.1) is 0 Å². The molecule has 1 amide bonds. The number of nitrogens with one attached hydrogen (secondary N) is 1. The van der Waals surface area contributed by atoms with E-state index in [1.807, 2.05) is 0 Å². The van der Waals surface area contributed by atoms with Crippen molar-refractivity contribution in [1.29, 1.82) is 0 Å². The summed E-state index contributed by atoms with van der Waals surface area (Å²) in [5, 5.41) is 0.539. The van der Waals surface area contributed by atoms with E-state index < -0.39 is 0 Å². The van der Waals surface area contributed by atoms with Crippen molar-refractivity contribution in [1.82, 2.24) is 5.43 Å². The highest BCUT2D eigenvalue weighted by molar-refractivity contribution is 8.00. The predicted octanol–water partition coefficient (Wildman–Crippen LogP) is 0.508. The maximum Gasteiger partial charge on any atom is 0.243 e. The van der Waals surface area contributed by atoms with Crippen LogP contribution in [0.15, 0.2) is 0 Å². The van der Waals surface area contributed by atoms with E-state index >= 15 is 0 Å². The maximum absolute atomic E-state index is 10.6. The molecule has 0 aromatic carbocycles. The molecule has 0 heterocycles. The summed E-state index contributed by atoms with van der Waals surface area (Å²) in [5.41, 5.74) is 2.08. The van der Waals surface area contributed by atoms with Crippen molar-refractivity contribution in [2.45, 2.75) is 25.5 Å². The second kappa shape index (κ2) is 5.56. The van der Waals surface area contributed by atoms with Crippen LogP contribution in [0.2, 0.25) is 0 Å². The average Bonchev–Trinajstić information content (AvgIpc) is 1.99. The second-order valence-corrected chi connectivity index (χ2v) is 3.52. The van der Waals surface area contributed by atoms with Crippen LogP contribution in [0.3, 0.4) is 0 Å². The van der Waals surface area contributed by atoms with Crippen molar-refractivity contribution in [2.24, 2.45) is 5.84 Å². The molecule has 0 aliphatic carbocycles. The molecular formula is C6H14N2OS. The number of carbonyl (C=O) groups excluding carboxylic acids is 1. The molecule has 3 nitrogen and oxygen atoms in total. The number of hydrogen-bond acceptors (Lipinski definition) is 3. The molecule has 1 atom stereocenters. The van der Waals surface area contributed by atoms with E-state index in [9.17, 15) is 4.79 Å². The highest BCUT2D eigenvalue weighted by Crippen LogP contribution is 2.11. The van der Waals surface area contributed by atoms with Crippen LogP contribution < -0.4 is 11.3 Å². The Kier molecular flexibility index (Phi) is 5.43. The normalized spacial score (nSPS) is 12.7. The van der Waals surface area contributed by atoms with Gasteiger partial charge >= 0.3 is 0 Å². The first-order valence-electron chi connectivity index (χ1n) is 3.31. The number of nitrogens with two attached hydrogens (primary N) is 1. The summed E-state index contributed by atoms with van der Waals surface area (Å²) in [6.07, 6.45) is 1.09. The van der Waals surface area contributed by atoms with Crippen LogP contribution in [0.25, 0.3) is 0 Å². The zero-order valence-electron chi connectivity index (χ0n) is 6.39. The van der Waals surface area contributed by atoms with E-state index in [1.165, 1.54) is 0 Å². The van der Waals surface area contributed by atoms with E-state index in [4.69, 9.17) is 5.84 Å². The number of thioether (sulfide) groups is 1. The SMILES string of the molecule is CCC(C)SCC(=O)NN. The third kappa shape index (κ3) is 4.64. The largest absolute Gasteiger partial charge is 0.294 e. The van der Waals surface area contributed by atoms with Gasteiger partial charge in [0, 0.05) is 5.25 Å². The lowest BCUT2D eigenvalue weighted by molar-refractivity contribution is -0.118. The van der Waals surface area contributed by atoms with Gasteiger partial charge in [0.2, 0.25) is 5.91 Å². The first kappa shape index (κ1) is 9.78. The van der Waals surface area contributed by atoms with E-state index in [0.717, 1.165) is 6.42 Å². The van der Waals surface area contributed by atoms with Crippen molar-refractivity contribution in [3.05, 3.63) is 0 Å². The van der Waals surface area contributed by atoms with Crippen LogP contribution in [-0.2, 0) is 4.79 Å². The smallest absolute Gasteiger partial charge is 0.243 e. The van der Waals surface area contributed by atoms with Gasteiger partial charge in [0.15, 0.2) is 0 Å². The molecule has 1 unspecified atom stereocenters. The second-order valence-electron chi connectivity index (χ2n) is 2.10. The van der Waals surface area contributed by atoms with E-state index in [1.54, 1.807) is 11.8 Å². The fourth-order valence-electron chi connectivity index (χ4n) is 0.377. The van der Waals surface area contributed by atoms with Gasteiger partial charge in [0.25, 0.3) is 0 Å². The van der Waals surface area contributed by atoms with Crippen LogP contribution in [0.1, 0.15) is 20.3 Å². The third-order valence-corrected chi connectivity index (χ3v) is 2.57. The Morgan fingerprint density at radius 2 is 2.40 bits per heavy atom. The van der Waals surface area contributed by atoms with Gasteiger partial charge in [-0.1, -0.05) is 13.8 Å². The molecule has 0 saturated heterocycles. The minimum absolute atomic E-state index is 0.106.